The van der Waals surface area contributed by atoms with Crippen LogP contribution >= 0.6 is 0 Å². The first kappa shape index (κ1) is 21.5. The molecule has 1 aliphatic rings. The topological polar surface area (TPSA) is 63.2 Å². The van der Waals surface area contributed by atoms with Gasteiger partial charge in [-0.2, -0.15) is 0 Å². The summed E-state index contributed by atoms with van der Waals surface area (Å²) in [5.74, 6) is 1.87. The SMILES string of the molecule is COc1cc(C=Cc2ccc(OC3CC=CC(COC(C)=O)O3)cc2)cc(OC)c1. The number of hydrogen-bond acceptors (Lipinski definition) is 6. The van der Waals surface area contributed by atoms with E-state index in [1.165, 1.54) is 6.92 Å². The maximum Gasteiger partial charge on any atom is 0.302 e. The van der Waals surface area contributed by atoms with Crippen molar-refractivity contribution in [1.82, 2.24) is 0 Å². The molecule has 2 aromatic carbocycles. The fourth-order valence-corrected chi connectivity index (χ4v) is 2.93. The Balaban J connectivity index is 1.58. The summed E-state index contributed by atoms with van der Waals surface area (Å²) >= 11 is 0. The third-order valence-electron chi connectivity index (χ3n) is 4.45. The average Bonchev–Trinajstić information content (AvgIpc) is 2.77. The molecular formula is C24H26O6. The second-order valence-corrected chi connectivity index (χ2v) is 6.74. The highest BCUT2D eigenvalue weighted by molar-refractivity contribution is 5.71. The Hall–Kier alpha value is -3.25. The fraction of sp³-hybridized carbons (Fsp3) is 0.292. The Bertz CT molecular complexity index is 878. The van der Waals surface area contributed by atoms with E-state index in [4.69, 9.17) is 23.7 Å². The number of ether oxygens (including phenoxy) is 5. The van der Waals surface area contributed by atoms with E-state index in [1.54, 1.807) is 14.2 Å². The van der Waals surface area contributed by atoms with Crippen molar-refractivity contribution >= 4 is 18.1 Å². The number of carbonyl (C=O) groups is 1. The summed E-state index contributed by atoms with van der Waals surface area (Å²) in [7, 11) is 3.26. The monoisotopic (exact) mass is 410 g/mol. The van der Waals surface area contributed by atoms with Gasteiger partial charge < -0.3 is 23.7 Å². The molecule has 3 rings (SSSR count). The third kappa shape index (κ3) is 6.39. The molecule has 2 unspecified atom stereocenters. The Morgan fingerprint density at radius 1 is 1.00 bits per heavy atom. The summed E-state index contributed by atoms with van der Waals surface area (Å²) in [5.41, 5.74) is 2.01. The van der Waals surface area contributed by atoms with Crippen LogP contribution in [0.1, 0.15) is 24.5 Å². The quantitative estimate of drug-likeness (QED) is 0.363. The molecule has 0 saturated heterocycles. The van der Waals surface area contributed by atoms with Crippen molar-refractivity contribution in [2.45, 2.75) is 25.7 Å². The minimum atomic E-state index is -0.416. The van der Waals surface area contributed by atoms with Crippen molar-refractivity contribution in [3.05, 3.63) is 65.7 Å². The predicted molar refractivity (Wildman–Crippen MR) is 115 cm³/mol. The molecule has 0 N–H and O–H groups in total. The molecule has 30 heavy (non-hydrogen) atoms. The van der Waals surface area contributed by atoms with Crippen LogP contribution in [0.3, 0.4) is 0 Å². The van der Waals surface area contributed by atoms with Gasteiger partial charge in [0, 0.05) is 19.4 Å². The Morgan fingerprint density at radius 2 is 1.67 bits per heavy atom. The lowest BCUT2D eigenvalue weighted by Gasteiger charge is -2.26. The first-order valence-corrected chi connectivity index (χ1v) is 9.69. The molecule has 2 atom stereocenters. The summed E-state index contributed by atoms with van der Waals surface area (Å²) in [5, 5.41) is 0. The van der Waals surface area contributed by atoms with Crippen molar-refractivity contribution < 1.29 is 28.5 Å². The molecule has 0 radical (unpaired) electrons. The zero-order valence-electron chi connectivity index (χ0n) is 17.4. The lowest BCUT2D eigenvalue weighted by Crippen LogP contribution is -2.32. The smallest absolute Gasteiger partial charge is 0.302 e. The van der Waals surface area contributed by atoms with E-state index in [-0.39, 0.29) is 18.7 Å². The molecular weight excluding hydrogens is 384 g/mol. The van der Waals surface area contributed by atoms with Crippen LogP contribution in [0.4, 0.5) is 0 Å². The molecule has 1 heterocycles. The zero-order chi connectivity index (χ0) is 21.3. The van der Waals surface area contributed by atoms with Crippen molar-refractivity contribution in [3.63, 3.8) is 0 Å². The minimum Gasteiger partial charge on any atom is -0.497 e. The third-order valence-corrected chi connectivity index (χ3v) is 4.45. The van der Waals surface area contributed by atoms with Gasteiger partial charge in [0.25, 0.3) is 0 Å². The van der Waals surface area contributed by atoms with E-state index in [1.807, 2.05) is 66.8 Å². The van der Waals surface area contributed by atoms with E-state index >= 15 is 0 Å². The van der Waals surface area contributed by atoms with Crippen molar-refractivity contribution in [2.75, 3.05) is 20.8 Å². The standard InChI is InChI=1S/C24H26O6/c1-17(25)28-16-21-5-4-6-24(30-21)29-20-11-9-18(10-12-20)7-8-19-13-22(26-2)15-23(14-19)27-3/h4-5,7-15,21,24H,6,16H2,1-3H3. The minimum absolute atomic E-state index is 0.185. The van der Waals surface area contributed by atoms with Gasteiger partial charge in [-0.3, -0.25) is 4.79 Å². The number of hydrogen-bond donors (Lipinski definition) is 0. The van der Waals surface area contributed by atoms with Crippen molar-refractivity contribution in [1.29, 1.82) is 0 Å². The molecule has 0 fully saturated rings. The van der Waals surface area contributed by atoms with Crippen LogP contribution in [-0.4, -0.2) is 39.2 Å². The first-order valence-electron chi connectivity index (χ1n) is 9.69. The summed E-state index contributed by atoms with van der Waals surface area (Å²) in [6, 6.07) is 13.5. The molecule has 158 valence electrons. The summed E-state index contributed by atoms with van der Waals surface area (Å²) in [6.07, 6.45) is 7.78. The number of methoxy groups -OCH3 is 2. The average molecular weight is 410 g/mol. The van der Waals surface area contributed by atoms with Gasteiger partial charge in [-0.25, -0.2) is 0 Å². The van der Waals surface area contributed by atoms with Gasteiger partial charge in [0.2, 0.25) is 6.29 Å². The van der Waals surface area contributed by atoms with Crippen LogP contribution in [-0.2, 0) is 14.3 Å². The molecule has 0 spiro atoms. The number of benzene rings is 2. The van der Waals surface area contributed by atoms with Crippen LogP contribution in [0.5, 0.6) is 17.2 Å². The lowest BCUT2D eigenvalue weighted by molar-refractivity contribution is -0.154. The van der Waals surface area contributed by atoms with Crippen molar-refractivity contribution in [3.8, 4) is 17.2 Å². The van der Waals surface area contributed by atoms with Gasteiger partial charge >= 0.3 is 5.97 Å². The summed E-state index contributed by atoms with van der Waals surface area (Å²) in [4.78, 5) is 10.9. The Labute approximate surface area is 176 Å². The highest BCUT2D eigenvalue weighted by atomic mass is 16.7. The van der Waals surface area contributed by atoms with Gasteiger partial charge in [0.15, 0.2) is 0 Å². The second-order valence-electron chi connectivity index (χ2n) is 6.74. The molecule has 6 nitrogen and oxygen atoms in total. The highest BCUT2D eigenvalue weighted by Crippen LogP contribution is 2.24. The van der Waals surface area contributed by atoms with E-state index in [9.17, 15) is 4.79 Å². The van der Waals surface area contributed by atoms with Crippen molar-refractivity contribution in [2.24, 2.45) is 0 Å². The molecule has 0 amide bonds. The maximum absolute atomic E-state index is 10.9. The number of esters is 1. The van der Waals surface area contributed by atoms with E-state index < -0.39 is 6.29 Å². The van der Waals surface area contributed by atoms with Crippen LogP contribution in [0, 0.1) is 0 Å². The molecule has 0 saturated carbocycles. The number of rotatable bonds is 8. The number of carbonyl (C=O) groups excluding carboxylic acids is 1. The Morgan fingerprint density at radius 3 is 2.30 bits per heavy atom. The van der Waals surface area contributed by atoms with Gasteiger partial charge in [0.1, 0.15) is 30.0 Å². The Kier molecular flexibility index (Phi) is 7.51. The molecule has 1 aliphatic heterocycles. The highest BCUT2D eigenvalue weighted by Gasteiger charge is 2.20. The van der Waals surface area contributed by atoms with E-state index in [0.29, 0.717) is 12.2 Å². The molecule has 0 aliphatic carbocycles. The van der Waals surface area contributed by atoms with Gasteiger partial charge in [-0.1, -0.05) is 36.4 Å². The van der Waals surface area contributed by atoms with Crippen LogP contribution in [0.25, 0.3) is 12.2 Å². The molecule has 0 bridgehead atoms. The van der Waals surface area contributed by atoms with Gasteiger partial charge in [0.05, 0.1) is 14.2 Å². The normalized spacial score (nSPS) is 18.2. The van der Waals surface area contributed by atoms with Gasteiger partial charge in [-0.05, 0) is 35.4 Å². The van der Waals surface area contributed by atoms with Gasteiger partial charge in [-0.15, -0.1) is 0 Å². The fourth-order valence-electron chi connectivity index (χ4n) is 2.93. The van der Waals surface area contributed by atoms with Crippen LogP contribution in [0.15, 0.2) is 54.6 Å². The van der Waals surface area contributed by atoms with E-state index in [2.05, 4.69) is 0 Å². The maximum atomic E-state index is 10.9. The predicted octanol–water partition coefficient (Wildman–Crippen LogP) is 4.49. The zero-order valence-corrected chi connectivity index (χ0v) is 17.4. The molecule has 0 aromatic heterocycles. The largest absolute Gasteiger partial charge is 0.497 e. The van der Waals surface area contributed by atoms with E-state index in [0.717, 1.165) is 22.6 Å². The van der Waals surface area contributed by atoms with Crippen LogP contribution < -0.4 is 14.2 Å². The van der Waals surface area contributed by atoms with Crippen LogP contribution in [0.2, 0.25) is 0 Å². The lowest BCUT2D eigenvalue weighted by atomic mass is 10.1. The molecule has 2 aromatic rings. The summed E-state index contributed by atoms with van der Waals surface area (Å²) < 4.78 is 27.3. The molecule has 6 heteroatoms. The summed E-state index contributed by atoms with van der Waals surface area (Å²) in [6.45, 7) is 1.56. The second kappa shape index (κ2) is 10.5. The first-order chi connectivity index (χ1) is 14.6.